The summed E-state index contributed by atoms with van der Waals surface area (Å²) >= 11 is 0. The first kappa shape index (κ1) is 29.6. The van der Waals surface area contributed by atoms with Gasteiger partial charge in [-0.1, -0.05) is 18.2 Å². The second-order valence-corrected chi connectivity index (χ2v) is 12.1. The molecule has 0 saturated carbocycles. The van der Waals surface area contributed by atoms with E-state index in [2.05, 4.69) is 0 Å². The molecule has 0 bridgehead atoms. The van der Waals surface area contributed by atoms with Crippen molar-refractivity contribution in [3.8, 4) is 5.75 Å². The molecular formula is C24H19F4N3O8S2. The molecule has 1 aliphatic heterocycles. The molecule has 1 unspecified atom stereocenters. The van der Waals surface area contributed by atoms with E-state index in [4.69, 9.17) is 9.84 Å². The third-order valence-corrected chi connectivity index (χ3v) is 8.86. The number of hydrogen-bond acceptors (Lipinski definition) is 7. The predicted octanol–water partition coefficient (Wildman–Crippen LogP) is 3.79. The zero-order chi connectivity index (χ0) is 30.2. The highest BCUT2D eigenvalue weighted by Gasteiger charge is 2.38. The summed E-state index contributed by atoms with van der Waals surface area (Å²) in [5.41, 5.74) is -1.61. The van der Waals surface area contributed by atoms with Gasteiger partial charge < -0.3 is 9.84 Å². The lowest BCUT2D eigenvalue weighted by Crippen LogP contribution is -2.46. The van der Waals surface area contributed by atoms with Crippen LogP contribution in [0.2, 0.25) is 0 Å². The Labute approximate surface area is 230 Å². The lowest BCUT2D eigenvalue weighted by atomic mass is 10.1. The van der Waals surface area contributed by atoms with Crippen molar-refractivity contribution in [3.05, 3.63) is 78.1 Å². The van der Waals surface area contributed by atoms with Gasteiger partial charge in [-0.3, -0.25) is 14.4 Å². The molecule has 41 heavy (non-hydrogen) atoms. The minimum atomic E-state index is -4.86. The number of anilines is 2. The van der Waals surface area contributed by atoms with Gasteiger partial charge in [0.15, 0.2) is 0 Å². The van der Waals surface area contributed by atoms with Gasteiger partial charge in [-0.05, 0) is 48.5 Å². The van der Waals surface area contributed by atoms with Crippen molar-refractivity contribution >= 4 is 43.4 Å². The van der Waals surface area contributed by atoms with Crippen LogP contribution in [0.3, 0.4) is 0 Å². The molecule has 3 N–H and O–H groups in total. The first-order valence-electron chi connectivity index (χ1n) is 11.4. The monoisotopic (exact) mass is 617 g/mol. The summed E-state index contributed by atoms with van der Waals surface area (Å²) in [6.45, 7) is -0.685. The number of halogens is 4. The predicted molar refractivity (Wildman–Crippen MR) is 135 cm³/mol. The van der Waals surface area contributed by atoms with Crippen molar-refractivity contribution in [2.45, 2.75) is 28.5 Å². The quantitative estimate of drug-likeness (QED) is 0.338. The number of hydrogen-bond donors (Lipinski definition) is 3. The highest BCUT2D eigenvalue weighted by molar-refractivity contribution is 7.92. The van der Waals surface area contributed by atoms with E-state index in [-0.39, 0.29) is 17.1 Å². The van der Waals surface area contributed by atoms with E-state index in [1.165, 1.54) is 18.2 Å². The van der Waals surface area contributed by atoms with Gasteiger partial charge in [0.2, 0.25) is 5.91 Å². The third-order valence-electron chi connectivity index (χ3n) is 5.68. The Morgan fingerprint density at radius 3 is 2.37 bits per heavy atom. The molecule has 3 aromatic carbocycles. The second kappa shape index (κ2) is 10.9. The zero-order valence-corrected chi connectivity index (χ0v) is 22.1. The molecule has 11 nitrogen and oxygen atoms in total. The Balaban J connectivity index is 1.68. The van der Waals surface area contributed by atoms with E-state index in [1.54, 1.807) is 4.72 Å². The van der Waals surface area contributed by atoms with Crippen LogP contribution in [0.4, 0.5) is 33.7 Å². The molecule has 1 aliphatic rings. The minimum Gasteiger partial charge on any atom is -0.486 e. The number of carbonyl (C=O) groups excluding carboxylic acids is 1. The van der Waals surface area contributed by atoms with Crippen LogP contribution in [0.5, 0.6) is 5.75 Å². The van der Waals surface area contributed by atoms with Gasteiger partial charge in [-0.25, -0.2) is 30.7 Å². The second-order valence-electron chi connectivity index (χ2n) is 8.58. The van der Waals surface area contributed by atoms with E-state index < -0.39 is 78.5 Å². The molecule has 3 aromatic rings. The molecule has 0 radical (unpaired) electrons. The number of sulfonamides is 2. The fraction of sp³-hybridized carbons (Fsp3) is 0.167. The van der Waals surface area contributed by atoms with Crippen LogP contribution in [0.1, 0.15) is 12.0 Å². The van der Waals surface area contributed by atoms with Gasteiger partial charge in [0.1, 0.15) is 22.6 Å². The maximum absolute atomic E-state index is 14.0. The van der Waals surface area contributed by atoms with Crippen molar-refractivity contribution < 1.29 is 53.8 Å². The molecule has 0 fully saturated rings. The number of carbonyl (C=O) groups is 2. The molecule has 4 rings (SSSR count). The summed E-state index contributed by atoms with van der Waals surface area (Å²) < 4.78 is 114. The van der Waals surface area contributed by atoms with E-state index in [0.29, 0.717) is 16.4 Å². The molecule has 0 aromatic heterocycles. The average Bonchev–Trinajstić information content (AvgIpc) is 2.87. The molecule has 1 heterocycles. The molecule has 17 heteroatoms. The van der Waals surface area contributed by atoms with Crippen molar-refractivity contribution in [1.82, 2.24) is 4.72 Å². The fourth-order valence-corrected chi connectivity index (χ4v) is 6.54. The van der Waals surface area contributed by atoms with Crippen LogP contribution >= 0.6 is 0 Å². The summed E-state index contributed by atoms with van der Waals surface area (Å²) in [6.07, 6.45) is -8.48. The minimum absolute atomic E-state index is 0.101. The Hall–Kier alpha value is -4.38. The molecule has 0 aliphatic carbocycles. The van der Waals surface area contributed by atoms with Crippen LogP contribution in [-0.2, 0) is 31.0 Å². The van der Waals surface area contributed by atoms with E-state index >= 15 is 0 Å². The molecule has 1 atom stereocenters. The molecule has 0 spiro atoms. The Morgan fingerprint density at radius 2 is 1.71 bits per heavy atom. The number of alkyl halides is 3. The van der Waals surface area contributed by atoms with Crippen LogP contribution in [0.25, 0.3) is 0 Å². The summed E-state index contributed by atoms with van der Waals surface area (Å²) in [4.78, 5) is 22.1. The van der Waals surface area contributed by atoms with E-state index in [1.807, 2.05) is 5.32 Å². The molecule has 2 amide bonds. The summed E-state index contributed by atoms with van der Waals surface area (Å²) in [5, 5.41) is 11.0. The van der Waals surface area contributed by atoms with Crippen LogP contribution in [0.15, 0.2) is 76.5 Å². The third kappa shape index (κ3) is 6.51. The number of rotatable bonds is 7. The fourth-order valence-electron chi connectivity index (χ4n) is 3.92. The molecule has 0 saturated heterocycles. The average molecular weight is 618 g/mol. The van der Waals surface area contributed by atoms with Crippen molar-refractivity contribution in [1.29, 1.82) is 0 Å². The standard InChI is InChI=1S/C24H19F4N3O8S2/c25-18-6-1-2-7-21(18)40(35,36)30-22(32)12-16-13-31(19-11-15(29-23(33)34)8-9-20(19)39-16)41(37,38)17-5-3-4-14(10-17)24(26,27)28/h1-11,16,29H,12-13H2,(H,30,32)(H,33,34). The lowest BCUT2D eigenvalue weighted by Gasteiger charge is -2.35. The van der Waals surface area contributed by atoms with Crippen molar-refractivity contribution in [2.24, 2.45) is 0 Å². The SMILES string of the molecule is O=C(O)Nc1ccc2c(c1)N(S(=O)(=O)c1cccc(C(F)(F)F)c1)CC(CC(=O)NS(=O)(=O)c1ccccc1F)O2. The van der Waals surface area contributed by atoms with E-state index in [0.717, 1.165) is 36.4 Å². The normalized spacial score (nSPS) is 15.4. The maximum Gasteiger partial charge on any atom is 0.416 e. The lowest BCUT2D eigenvalue weighted by molar-refractivity contribution is -0.137. The van der Waals surface area contributed by atoms with Crippen LogP contribution < -0.4 is 19.1 Å². The summed E-state index contributed by atoms with van der Waals surface area (Å²) in [7, 11) is -9.43. The Morgan fingerprint density at radius 1 is 1.00 bits per heavy atom. The van der Waals surface area contributed by atoms with Gasteiger partial charge in [0.25, 0.3) is 20.0 Å². The largest absolute Gasteiger partial charge is 0.486 e. The smallest absolute Gasteiger partial charge is 0.416 e. The summed E-state index contributed by atoms with van der Waals surface area (Å²) in [5.74, 6) is -2.51. The van der Waals surface area contributed by atoms with Gasteiger partial charge >= 0.3 is 12.3 Å². The van der Waals surface area contributed by atoms with Crippen molar-refractivity contribution in [3.63, 3.8) is 0 Å². The first-order chi connectivity index (χ1) is 19.1. The number of nitrogens with zero attached hydrogens (tertiary/aromatic N) is 1. The van der Waals surface area contributed by atoms with Crippen molar-refractivity contribution in [2.75, 3.05) is 16.2 Å². The number of amides is 2. The number of nitrogens with one attached hydrogen (secondary N) is 2. The Bertz CT molecular complexity index is 1730. The van der Waals surface area contributed by atoms with Crippen LogP contribution in [0, 0.1) is 5.82 Å². The van der Waals surface area contributed by atoms with Gasteiger partial charge in [0, 0.05) is 5.69 Å². The number of fused-ring (bicyclic) bond motifs is 1. The van der Waals surface area contributed by atoms with Crippen LogP contribution in [-0.4, -0.2) is 46.6 Å². The molecular weight excluding hydrogens is 598 g/mol. The topological polar surface area (TPSA) is 159 Å². The van der Waals surface area contributed by atoms with E-state index in [9.17, 15) is 44.0 Å². The van der Waals surface area contributed by atoms with Gasteiger partial charge in [-0.2, -0.15) is 13.2 Å². The Kier molecular flexibility index (Phi) is 7.86. The number of ether oxygens (including phenoxy) is 1. The number of benzene rings is 3. The highest BCUT2D eigenvalue weighted by Crippen LogP contribution is 2.40. The van der Waals surface area contributed by atoms with Gasteiger partial charge in [0.05, 0.1) is 29.1 Å². The molecule has 218 valence electrons. The highest BCUT2D eigenvalue weighted by atomic mass is 32.2. The first-order valence-corrected chi connectivity index (χ1v) is 14.3. The summed E-state index contributed by atoms with van der Waals surface area (Å²) in [6, 6.07) is 10.6. The zero-order valence-electron chi connectivity index (χ0n) is 20.4. The number of carboxylic acid groups (broad SMARTS) is 1. The van der Waals surface area contributed by atoms with Gasteiger partial charge in [-0.15, -0.1) is 0 Å². The maximum atomic E-state index is 14.0.